The molecule has 5 nitrogen and oxygen atoms in total. The maximum absolute atomic E-state index is 13.3. The minimum Gasteiger partial charge on any atom is -0.350 e. The zero-order valence-corrected chi connectivity index (χ0v) is 18.2. The summed E-state index contributed by atoms with van der Waals surface area (Å²) in [4.78, 5) is 12.8. The quantitative estimate of drug-likeness (QED) is 0.623. The van der Waals surface area contributed by atoms with Gasteiger partial charge in [0.25, 0.3) is 10.0 Å². The zero-order chi connectivity index (χ0) is 21.7. The van der Waals surface area contributed by atoms with Crippen LogP contribution in [-0.2, 0) is 21.4 Å². The lowest BCUT2D eigenvalue weighted by Gasteiger charge is -2.24. The molecule has 0 saturated heterocycles. The number of nitrogens with one attached hydrogen (secondary N) is 1. The van der Waals surface area contributed by atoms with Crippen LogP contribution >= 0.6 is 0 Å². The molecule has 0 aliphatic heterocycles. The molecule has 0 aliphatic carbocycles. The number of nitrogens with zero attached hydrogens (tertiary/aromatic N) is 1. The summed E-state index contributed by atoms with van der Waals surface area (Å²) in [5, 5.41) is 2.82. The van der Waals surface area contributed by atoms with Crippen LogP contribution in [0.4, 0.5) is 5.69 Å². The molecule has 1 amide bonds. The van der Waals surface area contributed by atoms with Crippen molar-refractivity contribution in [2.24, 2.45) is 0 Å². The highest BCUT2D eigenvalue weighted by atomic mass is 32.2. The fourth-order valence-corrected chi connectivity index (χ4v) is 4.38. The summed E-state index contributed by atoms with van der Waals surface area (Å²) in [5.41, 5.74) is 4.52. The Morgan fingerprint density at radius 3 is 1.77 bits per heavy atom. The van der Waals surface area contributed by atoms with Gasteiger partial charge in [-0.05, 0) is 50.6 Å². The molecule has 3 aromatic rings. The van der Waals surface area contributed by atoms with Gasteiger partial charge in [-0.3, -0.25) is 9.10 Å². The number of carbonyl (C=O) groups is 1. The SMILES string of the molecule is Cc1ccc(CNC(=O)CN(c2ccc(C)cc2)S(=O)(=O)c2ccc(C)cc2)cc1. The molecule has 3 aromatic carbocycles. The van der Waals surface area contributed by atoms with Gasteiger partial charge >= 0.3 is 0 Å². The van der Waals surface area contributed by atoms with E-state index in [9.17, 15) is 13.2 Å². The minimum atomic E-state index is -3.89. The van der Waals surface area contributed by atoms with E-state index < -0.39 is 10.0 Å². The zero-order valence-electron chi connectivity index (χ0n) is 17.4. The highest BCUT2D eigenvalue weighted by Gasteiger charge is 2.27. The predicted octanol–water partition coefficient (Wildman–Crippen LogP) is 4.12. The molecule has 0 spiro atoms. The van der Waals surface area contributed by atoms with Crippen LogP contribution in [0.15, 0.2) is 77.7 Å². The monoisotopic (exact) mass is 422 g/mol. The van der Waals surface area contributed by atoms with Crippen LogP contribution in [-0.4, -0.2) is 20.9 Å². The van der Waals surface area contributed by atoms with Crippen molar-refractivity contribution in [1.82, 2.24) is 5.32 Å². The van der Waals surface area contributed by atoms with Crippen molar-refractivity contribution in [1.29, 1.82) is 0 Å². The Kier molecular flexibility index (Phi) is 6.57. The Morgan fingerprint density at radius 2 is 1.23 bits per heavy atom. The smallest absolute Gasteiger partial charge is 0.264 e. The van der Waals surface area contributed by atoms with Crippen molar-refractivity contribution >= 4 is 21.6 Å². The van der Waals surface area contributed by atoms with Gasteiger partial charge in [0, 0.05) is 6.54 Å². The van der Waals surface area contributed by atoms with Gasteiger partial charge in [0.2, 0.25) is 5.91 Å². The van der Waals surface area contributed by atoms with E-state index in [4.69, 9.17) is 0 Å². The summed E-state index contributed by atoms with van der Waals surface area (Å²) in [6, 6.07) is 21.6. The van der Waals surface area contributed by atoms with E-state index in [1.165, 1.54) is 0 Å². The number of benzene rings is 3. The third kappa shape index (κ3) is 5.27. The third-order valence-electron chi connectivity index (χ3n) is 4.83. The Bertz CT molecular complexity index is 1100. The Hall–Kier alpha value is -3.12. The molecule has 0 unspecified atom stereocenters. The van der Waals surface area contributed by atoms with E-state index in [0.29, 0.717) is 12.2 Å². The van der Waals surface area contributed by atoms with Gasteiger partial charge in [0.1, 0.15) is 6.54 Å². The summed E-state index contributed by atoms with van der Waals surface area (Å²) in [5.74, 6) is -0.369. The van der Waals surface area contributed by atoms with E-state index in [0.717, 1.165) is 26.6 Å². The lowest BCUT2D eigenvalue weighted by atomic mass is 10.1. The number of sulfonamides is 1. The highest BCUT2D eigenvalue weighted by molar-refractivity contribution is 7.92. The second-order valence-corrected chi connectivity index (χ2v) is 9.28. The Labute approximate surface area is 178 Å². The fourth-order valence-electron chi connectivity index (χ4n) is 2.96. The molecule has 0 heterocycles. The van der Waals surface area contributed by atoms with Crippen LogP contribution in [0.25, 0.3) is 0 Å². The standard InChI is InChI=1S/C24H26N2O3S/c1-18-4-10-21(11-5-18)16-25-24(27)17-26(22-12-6-19(2)7-13-22)30(28,29)23-14-8-20(3)9-15-23/h4-15H,16-17H2,1-3H3,(H,25,27). The van der Waals surface area contributed by atoms with Crippen molar-refractivity contribution in [2.75, 3.05) is 10.8 Å². The Balaban J connectivity index is 1.84. The van der Waals surface area contributed by atoms with Gasteiger partial charge in [0.05, 0.1) is 10.6 Å². The number of amides is 1. The number of rotatable bonds is 7. The van der Waals surface area contributed by atoms with E-state index in [2.05, 4.69) is 5.32 Å². The molecular formula is C24H26N2O3S. The lowest BCUT2D eigenvalue weighted by Crippen LogP contribution is -2.40. The number of anilines is 1. The molecule has 0 aromatic heterocycles. The number of carbonyl (C=O) groups excluding carboxylic acids is 1. The van der Waals surface area contributed by atoms with E-state index in [-0.39, 0.29) is 17.3 Å². The maximum atomic E-state index is 13.3. The average molecular weight is 423 g/mol. The molecule has 1 N–H and O–H groups in total. The Morgan fingerprint density at radius 1 is 0.767 bits per heavy atom. The molecule has 0 fully saturated rings. The first-order valence-corrected chi connectivity index (χ1v) is 11.2. The molecule has 6 heteroatoms. The van der Waals surface area contributed by atoms with Crippen LogP contribution < -0.4 is 9.62 Å². The minimum absolute atomic E-state index is 0.153. The molecular weight excluding hydrogens is 396 g/mol. The predicted molar refractivity (Wildman–Crippen MR) is 120 cm³/mol. The van der Waals surface area contributed by atoms with Gasteiger partial charge in [-0.1, -0.05) is 65.2 Å². The summed E-state index contributed by atoms with van der Waals surface area (Å²) >= 11 is 0. The molecule has 0 atom stereocenters. The van der Waals surface area contributed by atoms with Crippen LogP contribution in [0.5, 0.6) is 0 Å². The van der Waals surface area contributed by atoms with Crippen LogP contribution in [0.1, 0.15) is 22.3 Å². The molecule has 0 aliphatic rings. The molecule has 0 bridgehead atoms. The summed E-state index contributed by atoms with van der Waals surface area (Å²) in [6.07, 6.45) is 0. The summed E-state index contributed by atoms with van der Waals surface area (Å²) in [6.45, 7) is 5.86. The summed E-state index contributed by atoms with van der Waals surface area (Å²) < 4.78 is 27.8. The number of aryl methyl sites for hydroxylation is 3. The molecule has 3 rings (SSSR count). The van der Waals surface area contributed by atoms with Crippen molar-refractivity contribution in [3.8, 4) is 0 Å². The van der Waals surface area contributed by atoms with E-state index >= 15 is 0 Å². The summed E-state index contributed by atoms with van der Waals surface area (Å²) in [7, 11) is -3.89. The normalized spacial score (nSPS) is 11.2. The van der Waals surface area contributed by atoms with E-state index in [1.807, 2.05) is 57.2 Å². The molecule has 30 heavy (non-hydrogen) atoms. The van der Waals surface area contributed by atoms with Crippen LogP contribution in [0.3, 0.4) is 0 Å². The lowest BCUT2D eigenvalue weighted by molar-refractivity contribution is -0.119. The van der Waals surface area contributed by atoms with Crippen molar-refractivity contribution < 1.29 is 13.2 Å². The van der Waals surface area contributed by atoms with Crippen molar-refractivity contribution in [3.63, 3.8) is 0 Å². The largest absolute Gasteiger partial charge is 0.350 e. The first-order valence-electron chi connectivity index (χ1n) is 9.74. The second kappa shape index (κ2) is 9.13. The number of hydrogen-bond acceptors (Lipinski definition) is 3. The first-order chi connectivity index (χ1) is 14.3. The van der Waals surface area contributed by atoms with Crippen molar-refractivity contribution in [2.45, 2.75) is 32.2 Å². The van der Waals surface area contributed by atoms with Gasteiger partial charge in [-0.25, -0.2) is 8.42 Å². The maximum Gasteiger partial charge on any atom is 0.264 e. The average Bonchev–Trinajstić information content (AvgIpc) is 2.72. The first kappa shape index (κ1) is 21.6. The molecule has 0 radical (unpaired) electrons. The van der Waals surface area contributed by atoms with Crippen molar-refractivity contribution in [3.05, 3.63) is 95.1 Å². The molecule has 0 saturated carbocycles. The number of hydrogen-bond donors (Lipinski definition) is 1. The van der Waals surface area contributed by atoms with Gasteiger partial charge < -0.3 is 5.32 Å². The van der Waals surface area contributed by atoms with Crippen LogP contribution in [0, 0.1) is 20.8 Å². The van der Waals surface area contributed by atoms with Gasteiger partial charge in [0.15, 0.2) is 0 Å². The molecule has 156 valence electrons. The topological polar surface area (TPSA) is 66.5 Å². The van der Waals surface area contributed by atoms with E-state index in [1.54, 1.807) is 36.4 Å². The fraction of sp³-hybridized carbons (Fsp3) is 0.208. The van der Waals surface area contributed by atoms with Gasteiger partial charge in [-0.15, -0.1) is 0 Å². The second-order valence-electron chi connectivity index (χ2n) is 7.42. The highest BCUT2D eigenvalue weighted by Crippen LogP contribution is 2.24. The van der Waals surface area contributed by atoms with Crippen LogP contribution in [0.2, 0.25) is 0 Å². The van der Waals surface area contributed by atoms with Gasteiger partial charge in [-0.2, -0.15) is 0 Å². The third-order valence-corrected chi connectivity index (χ3v) is 6.62.